The van der Waals surface area contributed by atoms with Crippen molar-refractivity contribution in [3.63, 3.8) is 0 Å². The van der Waals surface area contributed by atoms with E-state index in [1.165, 1.54) is 12.1 Å². The summed E-state index contributed by atoms with van der Waals surface area (Å²) in [6.45, 7) is 4.20. The summed E-state index contributed by atoms with van der Waals surface area (Å²) in [5, 5.41) is 5.70. The Kier molecular flexibility index (Phi) is 7.43. The van der Waals surface area contributed by atoms with E-state index in [0.29, 0.717) is 29.5 Å². The van der Waals surface area contributed by atoms with E-state index in [2.05, 4.69) is 10.6 Å². The maximum absolute atomic E-state index is 12.4. The molecule has 31 heavy (non-hydrogen) atoms. The molecule has 0 radical (unpaired) electrons. The topological polar surface area (TPSA) is 93.7 Å². The van der Waals surface area contributed by atoms with Crippen molar-refractivity contribution in [1.29, 1.82) is 0 Å². The van der Waals surface area contributed by atoms with Crippen LogP contribution in [0.25, 0.3) is 0 Å². The van der Waals surface area contributed by atoms with Crippen molar-refractivity contribution in [2.75, 3.05) is 11.9 Å². The lowest BCUT2D eigenvalue weighted by Crippen LogP contribution is -2.22. The maximum atomic E-state index is 12.4. The fourth-order valence-electron chi connectivity index (χ4n) is 3.00. The maximum Gasteiger partial charge on any atom is 0.513 e. The second kappa shape index (κ2) is 10.4. The van der Waals surface area contributed by atoms with Crippen LogP contribution in [-0.2, 0) is 16.1 Å². The van der Waals surface area contributed by atoms with Gasteiger partial charge < -0.3 is 20.1 Å². The number of hydrogen-bond donors (Lipinski definition) is 2. The summed E-state index contributed by atoms with van der Waals surface area (Å²) in [7, 11) is 0. The van der Waals surface area contributed by atoms with Crippen LogP contribution < -0.4 is 15.4 Å². The average Bonchev–Trinajstić information content (AvgIpc) is 3.58. The Bertz CT molecular complexity index is 978. The molecule has 162 valence electrons. The van der Waals surface area contributed by atoms with Crippen molar-refractivity contribution < 1.29 is 23.9 Å². The van der Waals surface area contributed by atoms with Crippen molar-refractivity contribution >= 4 is 23.7 Å². The highest BCUT2D eigenvalue weighted by molar-refractivity contribution is 5.99. The molecule has 3 rings (SSSR count). The van der Waals surface area contributed by atoms with Gasteiger partial charge in [-0.1, -0.05) is 17.7 Å². The molecule has 2 aromatic carbocycles. The number of amides is 2. The summed E-state index contributed by atoms with van der Waals surface area (Å²) in [5.74, 6) is 0.443. The number of allylic oxidation sites excluding steroid dienone is 1. The summed E-state index contributed by atoms with van der Waals surface area (Å²) >= 11 is 0. The molecule has 1 fully saturated rings. The van der Waals surface area contributed by atoms with Crippen LogP contribution in [0.3, 0.4) is 0 Å². The van der Waals surface area contributed by atoms with E-state index in [1.807, 2.05) is 31.2 Å². The van der Waals surface area contributed by atoms with E-state index in [4.69, 9.17) is 9.47 Å². The molecule has 0 aromatic heterocycles. The van der Waals surface area contributed by atoms with Crippen LogP contribution in [0.5, 0.6) is 5.75 Å². The van der Waals surface area contributed by atoms with E-state index >= 15 is 0 Å². The van der Waals surface area contributed by atoms with Crippen LogP contribution >= 0.6 is 0 Å². The third-order valence-electron chi connectivity index (χ3n) is 4.81. The van der Waals surface area contributed by atoms with E-state index in [0.717, 1.165) is 24.0 Å². The number of nitrogens with one attached hydrogen (secondary N) is 2. The van der Waals surface area contributed by atoms with E-state index < -0.39 is 6.16 Å². The van der Waals surface area contributed by atoms with Crippen LogP contribution in [0.1, 0.15) is 42.6 Å². The summed E-state index contributed by atoms with van der Waals surface area (Å²) < 4.78 is 9.68. The Labute approximate surface area is 181 Å². The molecule has 0 saturated heterocycles. The third kappa shape index (κ3) is 6.99. The molecule has 2 N–H and O–H groups in total. The number of benzene rings is 2. The monoisotopic (exact) mass is 422 g/mol. The van der Waals surface area contributed by atoms with Crippen LogP contribution in [0, 0.1) is 5.92 Å². The van der Waals surface area contributed by atoms with Crippen molar-refractivity contribution in [2.45, 2.75) is 33.2 Å². The minimum Gasteiger partial charge on any atom is -0.434 e. The van der Waals surface area contributed by atoms with Gasteiger partial charge in [-0.2, -0.15) is 0 Å². The normalized spacial score (nSPS) is 13.3. The fraction of sp³-hybridized carbons (Fsp3) is 0.292. The molecule has 7 heteroatoms. The van der Waals surface area contributed by atoms with Gasteiger partial charge in [0, 0.05) is 23.9 Å². The molecule has 0 heterocycles. The zero-order valence-corrected chi connectivity index (χ0v) is 17.6. The molecule has 1 saturated carbocycles. The lowest BCUT2D eigenvalue weighted by atomic mass is 10.1. The van der Waals surface area contributed by atoms with Gasteiger partial charge in [0.2, 0.25) is 5.91 Å². The van der Waals surface area contributed by atoms with Crippen molar-refractivity contribution in [2.24, 2.45) is 5.92 Å². The number of hydrogen-bond acceptors (Lipinski definition) is 5. The minimum absolute atomic E-state index is 0.143. The molecule has 0 atom stereocenters. The van der Waals surface area contributed by atoms with Gasteiger partial charge in [0.25, 0.3) is 5.91 Å². The molecule has 0 spiro atoms. The molecule has 1 aliphatic carbocycles. The standard InChI is InChI=1S/C24H26N2O5/c1-3-30-24(29)31-21-11-9-19(10-12-21)23(28)25-15-17-5-4-6-20(14-17)26-22(27)13-16(2)18-7-8-18/h4-6,9-14,18H,3,7-8,15H2,1-2H3,(H,25,28)(H,26,27)/b16-13+. The van der Waals surface area contributed by atoms with Gasteiger partial charge in [0.15, 0.2) is 0 Å². The molecule has 0 aliphatic heterocycles. The van der Waals surface area contributed by atoms with Gasteiger partial charge in [-0.3, -0.25) is 9.59 Å². The first-order chi connectivity index (χ1) is 14.9. The number of ether oxygens (including phenoxy) is 2. The Morgan fingerprint density at radius 3 is 2.52 bits per heavy atom. The van der Waals surface area contributed by atoms with Gasteiger partial charge in [-0.15, -0.1) is 0 Å². The number of rotatable bonds is 8. The van der Waals surface area contributed by atoms with Gasteiger partial charge in [0.1, 0.15) is 5.75 Å². The predicted octanol–water partition coefficient (Wildman–Crippen LogP) is 4.45. The highest BCUT2D eigenvalue weighted by atomic mass is 16.7. The van der Waals surface area contributed by atoms with Crippen molar-refractivity contribution in [1.82, 2.24) is 5.32 Å². The summed E-state index contributed by atoms with van der Waals surface area (Å²) in [4.78, 5) is 35.9. The molecule has 0 bridgehead atoms. The Morgan fingerprint density at radius 2 is 1.84 bits per heavy atom. The second-order valence-corrected chi connectivity index (χ2v) is 7.34. The first-order valence-corrected chi connectivity index (χ1v) is 10.3. The predicted molar refractivity (Wildman–Crippen MR) is 117 cm³/mol. The van der Waals surface area contributed by atoms with Gasteiger partial charge in [-0.25, -0.2) is 4.79 Å². The van der Waals surface area contributed by atoms with Crippen LogP contribution in [0.15, 0.2) is 60.2 Å². The van der Waals surface area contributed by atoms with E-state index in [9.17, 15) is 14.4 Å². The van der Waals surface area contributed by atoms with Crippen molar-refractivity contribution in [3.8, 4) is 5.75 Å². The zero-order valence-electron chi connectivity index (χ0n) is 17.6. The summed E-state index contributed by atoms with van der Waals surface area (Å²) in [6, 6.07) is 13.5. The Morgan fingerprint density at radius 1 is 1.10 bits per heavy atom. The minimum atomic E-state index is -0.787. The van der Waals surface area contributed by atoms with E-state index in [1.54, 1.807) is 25.1 Å². The Balaban J connectivity index is 1.52. The Hall–Kier alpha value is -3.61. The van der Waals surface area contributed by atoms with Crippen molar-refractivity contribution in [3.05, 3.63) is 71.3 Å². The van der Waals surface area contributed by atoms with Crippen LogP contribution in [0.4, 0.5) is 10.5 Å². The quantitative estimate of drug-likeness (QED) is 0.372. The highest BCUT2D eigenvalue weighted by Crippen LogP contribution is 2.35. The SMILES string of the molecule is CCOC(=O)Oc1ccc(C(=O)NCc2cccc(NC(=O)/C=C(\C)C3CC3)c2)cc1. The molecular weight excluding hydrogens is 396 g/mol. The van der Waals surface area contributed by atoms with Crippen LogP contribution in [-0.4, -0.2) is 24.6 Å². The molecular formula is C24H26N2O5. The first kappa shape index (κ1) is 22.1. The number of carbonyl (C=O) groups is 3. The van der Waals surface area contributed by atoms with E-state index in [-0.39, 0.29) is 18.4 Å². The molecule has 2 amide bonds. The molecule has 1 aliphatic rings. The lowest BCUT2D eigenvalue weighted by Gasteiger charge is -2.09. The fourth-order valence-corrected chi connectivity index (χ4v) is 3.00. The molecule has 2 aromatic rings. The van der Waals surface area contributed by atoms with Gasteiger partial charge >= 0.3 is 6.16 Å². The largest absolute Gasteiger partial charge is 0.513 e. The first-order valence-electron chi connectivity index (χ1n) is 10.3. The highest BCUT2D eigenvalue weighted by Gasteiger charge is 2.23. The number of carbonyl (C=O) groups excluding carboxylic acids is 3. The lowest BCUT2D eigenvalue weighted by molar-refractivity contribution is -0.112. The average molecular weight is 422 g/mol. The summed E-state index contributed by atoms with van der Waals surface area (Å²) in [6.07, 6.45) is 3.18. The third-order valence-corrected chi connectivity index (χ3v) is 4.81. The number of anilines is 1. The zero-order chi connectivity index (χ0) is 22.2. The van der Waals surface area contributed by atoms with Crippen LogP contribution in [0.2, 0.25) is 0 Å². The molecule has 0 unspecified atom stereocenters. The smallest absolute Gasteiger partial charge is 0.434 e. The molecule has 7 nitrogen and oxygen atoms in total. The summed E-state index contributed by atoms with van der Waals surface area (Å²) in [5.41, 5.74) is 3.08. The van der Waals surface area contributed by atoms with Gasteiger partial charge in [0.05, 0.1) is 6.61 Å². The van der Waals surface area contributed by atoms with Gasteiger partial charge in [-0.05, 0) is 74.6 Å². The second-order valence-electron chi connectivity index (χ2n) is 7.34.